The highest BCUT2D eigenvalue weighted by molar-refractivity contribution is 6.07. The molecular weight excluding hydrogens is 482 g/mol. The Hall–Kier alpha value is -5.36. The van der Waals surface area contributed by atoms with Crippen LogP contribution in [0.5, 0.6) is 0 Å². The molecule has 0 fully saturated rings. The zero-order chi connectivity index (χ0) is 26.3. The summed E-state index contributed by atoms with van der Waals surface area (Å²) in [5.74, 6) is -3.11. The standard InChI is InChI=1S/C25H17N5O7/c31-21-19(20-23(33)27-18-9-5-4-8-17(18)26-20)25(35,15-6-2-1-3-7-15)29(24(21)34)28-22(32)14-10-12-16(13-11-14)30(36)37/h1-13,31,35H,(H,27,33)(H,28,32). The van der Waals surface area contributed by atoms with Crippen LogP contribution in [-0.4, -0.2) is 41.9 Å². The van der Waals surface area contributed by atoms with Crippen LogP contribution in [0.4, 0.5) is 5.69 Å². The van der Waals surface area contributed by atoms with Crippen molar-refractivity contribution in [2.75, 3.05) is 0 Å². The molecule has 1 unspecified atom stereocenters. The minimum absolute atomic E-state index is 0.0424. The molecule has 4 N–H and O–H groups in total. The molecule has 1 aromatic heterocycles. The Morgan fingerprint density at radius 2 is 1.65 bits per heavy atom. The second kappa shape index (κ2) is 8.70. The quantitative estimate of drug-likeness (QED) is 0.238. The number of carbonyl (C=O) groups is 2. The number of hydrazine groups is 1. The van der Waals surface area contributed by atoms with E-state index in [4.69, 9.17) is 0 Å². The lowest BCUT2D eigenvalue weighted by Crippen LogP contribution is -2.55. The summed E-state index contributed by atoms with van der Waals surface area (Å²) in [4.78, 5) is 56.3. The summed E-state index contributed by atoms with van der Waals surface area (Å²) < 4.78 is 0. The van der Waals surface area contributed by atoms with Gasteiger partial charge in [-0.05, 0) is 24.3 Å². The average molecular weight is 499 g/mol. The minimum Gasteiger partial charge on any atom is -0.503 e. The van der Waals surface area contributed by atoms with Crippen molar-refractivity contribution in [1.82, 2.24) is 20.4 Å². The molecule has 0 radical (unpaired) electrons. The topological polar surface area (TPSA) is 179 Å². The molecule has 37 heavy (non-hydrogen) atoms. The van der Waals surface area contributed by atoms with Crippen LogP contribution in [0.25, 0.3) is 16.6 Å². The summed E-state index contributed by atoms with van der Waals surface area (Å²) in [5, 5.41) is 34.2. The Morgan fingerprint density at radius 3 is 2.32 bits per heavy atom. The summed E-state index contributed by atoms with van der Waals surface area (Å²) in [6.07, 6.45) is 0. The molecule has 4 aromatic rings. The lowest BCUT2D eigenvalue weighted by atomic mass is 9.93. The van der Waals surface area contributed by atoms with Gasteiger partial charge < -0.3 is 15.2 Å². The van der Waals surface area contributed by atoms with E-state index in [1.165, 1.54) is 24.3 Å². The number of rotatable bonds is 5. The molecule has 0 aliphatic carbocycles. The van der Waals surface area contributed by atoms with Gasteiger partial charge in [-0.2, -0.15) is 0 Å². The molecule has 1 aliphatic rings. The van der Waals surface area contributed by atoms with E-state index in [0.29, 0.717) is 16.0 Å². The van der Waals surface area contributed by atoms with Crippen molar-refractivity contribution < 1.29 is 24.7 Å². The third-order valence-corrected chi connectivity index (χ3v) is 5.88. The minimum atomic E-state index is -2.54. The first-order valence-corrected chi connectivity index (χ1v) is 10.8. The SMILES string of the molecule is O=C(NN1C(=O)C(O)=C(c2nc3ccccc3[nH]c2=O)C1(O)c1ccccc1)c1ccc([N+](=O)[O-])cc1. The third-order valence-electron chi connectivity index (χ3n) is 5.88. The highest BCUT2D eigenvalue weighted by Gasteiger charge is 2.55. The lowest BCUT2D eigenvalue weighted by Gasteiger charge is -2.35. The van der Waals surface area contributed by atoms with Gasteiger partial charge >= 0.3 is 5.91 Å². The first-order chi connectivity index (χ1) is 17.7. The van der Waals surface area contributed by atoms with Crippen LogP contribution in [0, 0.1) is 10.1 Å². The van der Waals surface area contributed by atoms with Gasteiger partial charge in [-0.3, -0.25) is 29.9 Å². The molecule has 12 nitrogen and oxygen atoms in total. The monoisotopic (exact) mass is 499 g/mol. The fourth-order valence-corrected chi connectivity index (χ4v) is 4.09. The van der Waals surface area contributed by atoms with Crippen LogP contribution >= 0.6 is 0 Å². The number of nitro groups is 1. The second-order valence-electron chi connectivity index (χ2n) is 8.08. The number of benzene rings is 3. The van der Waals surface area contributed by atoms with Crippen molar-refractivity contribution >= 4 is 34.1 Å². The molecule has 1 aliphatic heterocycles. The maximum absolute atomic E-state index is 13.2. The van der Waals surface area contributed by atoms with Crippen molar-refractivity contribution in [2.24, 2.45) is 0 Å². The number of hydrogen-bond donors (Lipinski definition) is 4. The van der Waals surface area contributed by atoms with Gasteiger partial charge in [0.05, 0.1) is 21.5 Å². The Balaban J connectivity index is 1.63. The predicted molar refractivity (Wildman–Crippen MR) is 130 cm³/mol. The summed E-state index contributed by atoms with van der Waals surface area (Å²) >= 11 is 0. The number of H-pyrrole nitrogens is 1. The van der Waals surface area contributed by atoms with E-state index in [2.05, 4.69) is 15.4 Å². The maximum Gasteiger partial charge on any atom is 0.310 e. The van der Waals surface area contributed by atoms with Gasteiger partial charge in [0.2, 0.25) is 5.72 Å². The zero-order valence-corrected chi connectivity index (χ0v) is 18.8. The average Bonchev–Trinajstić information content (AvgIpc) is 3.09. The van der Waals surface area contributed by atoms with Gasteiger partial charge in [-0.25, -0.2) is 9.99 Å². The Bertz CT molecular complexity index is 1660. The van der Waals surface area contributed by atoms with E-state index in [9.17, 15) is 34.7 Å². The molecule has 0 saturated carbocycles. The van der Waals surface area contributed by atoms with Gasteiger partial charge in [-0.15, -0.1) is 0 Å². The van der Waals surface area contributed by atoms with Crippen LogP contribution in [0.3, 0.4) is 0 Å². The predicted octanol–water partition coefficient (Wildman–Crippen LogP) is 2.13. The van der Waals surface area contributed by atoms with E-state index in [1.807, 2.05) is 0 Å². The number of fused-ring (bicyclic) bond motifs is 1. The van der Waals surface area contributed by atoms with Crippen LogP contribution in [-0.2, 0) is 10.5 Å². The normalized spacial score (nSPS) is 17.3. The lowest BCUT2D eigenvalue weighted by molar-refractivity contribution is -0.384. The van der Waals surface area contributed by atoms with Gasteiger partial charge in [0.25, 0.3) is 17.2 Å². The fraction of sp³-hybridized carbons (Fsp3) is 0.0400. The van der Waals surface area contributed by atoms with E-state index in [-0.39, 0.29) is 16.8 Å². The van der Waals surface area contributed by atoms with Crippen LogP contribution < -0.4 is 11.0 Å². The van der Waals surface area contributed by atoms with E-state index in [1.54, 1.807) is 42.5 Å². The number of aromatic nitrogens is 2. The number of para-hydroxylation sites is 2. The Labute approximate surface area is 207 Å². The molecule has 0 bridgehead atoms. The number of aliphatic hydroxyl groups is 2. The summed E-state index contributed by atoms with van der Waals surface area (Å²) in [6, 6.07) is 18.7. The number of carbonyl (C=O) groups excluding carboxylic acids is 2. The van der Waals surface area contributed by atoms with Crippen LogP contribution in [0.2, 0.25) is 0 Å². The van der Waals surface area contributed by atoms with Crippen molar-refractivity contribution in [3.63, 3.8) is 0 Å². The number of hydrogen-bond acceptors (Lipinski definition) is 8. The van der Waals surface area contributed by atoms with E-state index in [0.717, 1.165) is 12.1 Å². The fourth-order valence-electron chi connectivity index (χ4n) is 4.09. The van der Waals surface area contributed by atoms with E-state index >= 15 is 0 Å². The molecule has 0 spiro atoms. The molecular formula is C25H17N5O7. The second-order valence-corrected chi connectivity index (χ2v) is 8.08. The molecule has 2 heterocycles. The highest BCUT2D eigenvalue weighted by Crippen LogP contribution is 2.44. The number of nitrogens with zero attached hydrogens (tertiary/aromatic N) is 3. The maximum atomic E-state index is 13.2. The van der Waals surface area contributed by atoms with Crippen molar-refractivity contribution in [1.29, 1.82) is 0 Å². The molecule has 0 saturated heterocycles. The summed E-state index contributed by atoms with van der Waals surface area (Å²) in [5.41, 5.74) is -1.58. The summed E-state index contributed by atoms with van der Waals surface area (Å²) in [7, 11) is 0. The Kier molecular flexibility index (Phi) is 5.50. The van der Waals surface area contributed by atoms with Crippen molar-refractivity contribution in [3.8, 4) is 0 Å². The van der Waals surface area contributed by atoms with Gasteiger partial charge in [-0.1, -0.05) is 42.5 Å². The number of aliphatic hydroxyl groups excluding tert-OH is 1. The number of nitrogens with one attached hydrogen (secondary N) is 2. The number of non-ortho nitro benzene ring substituents is 1. The molecule has 12 heteroatoms. The number of nitro benzene ring substituents is 1. The van der Waals surface area contributed by atoms with Crippen molar-refractivity contribution in [3.05, 3.63) is 122 Å². The third kappa shape index (κ3) is 3.77. The molecule has 184 valence electrons. The molecule has 1 atom stereocenters. The smallest absolute Gasteiger partial charge is 0.310 e. The van der Waals surface area contributed by atoms with Crippen molar-refractivity contribution in [2.45, 2.75) is 5.72 Å². The summed E-state index contributed by atoms with van der Waals surface area (Å²) in [6.45, 7) is 0. The van der Waals surface area contributed by atoms with Gasteiger partial charge in [0, 0.05) is 23.3 Å². The zero-order valence-electron chi connectivity index (χ0n) is 18.8. The van der Waals surface area contributed by atoms with Crippen LogP contribution in [0.15, 0.2) is 89.4 Å². The molecule has 2 amide bonds. The Morgan fingerprint density at radius 1 is 1.00 bits per heavy atom. The van der Waals surface area contributed by atoms with Gasteiger partial charge in [0.15, 0.2) is 5.76 Å². The first kappa shape index (κ1) is 23.4. The molecule has 5 rings (SSSR count). The number of aromatic amines is 1. The van der Waals surface area contributed by atoms with Crippen LogP contribution in [0.1, 0.15) is 21.6 Å². The largest absolute Gasteiger partial charge is 0.503 e. The number of amides is 2. The van der Waals surface area contributed by atoms with E-state index < -0.39 is 45.0 Å². The first-order valence-electron chi connectivity index (χ1n) is 10.8. The highest BCUT2D eigenvalue weighted by atomic mass is 16.6. The van der Waals surface area contributed by atoms with Gasteiger partial charge in [0.1, 0.15) is 5.69 Å². The molecule has 3 aromatic carbocycles.